The molecule has 0 spiro atoms. The van der Waals surface area contributed by atoms with Crippen LogP contribution in [0.3, 0.4) is 0 Å². The molecule has 238 valence electrons. The van der Waals surface area contributed by atoms with E-state index in [4.69, 9.17) is 15.0 Å². The van der Waals surface area contributed by atoms with Crippen LogP contribution in [0.25, 0.3) is 102 Å². The van der Waals surface area contributed by atoms with Crippen LogP contribution in [0.1, 0.15) is 0 Å². The largest absolute Gasteiger partial charge is 0.309 e. The Morgan fingerprint density at radius 3 is 1.53 bits per heavy atom. The van der Waals surface area contributed by atoms with Crippen LogP contribution in [0.2, 0.25) is 0 Å². The molecule has 0 N–H and O–H groups in total. The molecule has 51 heavy (non-hydrogen) atoms. The van der Waals surface area contributed by atoms with Gasteiger partial charge in [-0.05, 0) is 48.5 Å². The summed E-state index contributed by atoms with van der Waals surface area (Å²) in [6, 6.07) is 56.0. The average molecular weight is 687 g/mol. The topological polar surface area (TPSA) is 43.6 Å². The summed E-state index contributed by atoms with van der Waals surface area (Å²) in [6.07, 6.45) is 0. The Morgan fingerprint density at radius 2 is 0.882 bits per heavy atom. The Kier molecular flexibility index (Phi) is 6.26. The van der Waals surface area contributed by atoms with Crippen molar-refractivity contribution >= 4 is 84.8 Å². The fourth-order valence-electron chi connectivity index (χ4n) is 7.55. The van der Waals surface area contributed by atoms with E-state index in [9.17, 15) is 0 Å². The standard InChI is InChI=1S/C45H26N4S2/c1-2-11-29(12-3-1)49-36-17-7-4-15-34(36)42-35(16-10-18-37(42)49)45-47-43(27-21-23-32-30-13-5-8-19-38(30)50-40(32)25-27)46-44(48-45)28-22-24-33-31-14-6-9-20-39(31)51-41(33)26-28/h1-26H. The number of rotatable bonds is 4. The van der Waals surface area contributed by atoms with Crippen molar-refractivity contribution in [2.24, 2.45) is 0 Å². The van der Waals surface area contributed by atoms with Gasteiger partial charge in [0.1, 0.15) is 0 Å². The van der Waals surface area contributed by atoms with Gasteiger partial charge in [-0.1, -0.05) is 109 Å². The maximum atomic E-state index is 5.27. The lowest BCUT2D eigenvalue weighted by molar-refractivity contribution is 1.08. The second-order valence-electron chi connectivity index (χ2n) is 12.8. The third-order valence-corrected chi connectivity index (χ3v) is 12.1. The highest BCUT2D eigenvalue weighted by Gasteiger charge is 2.20. The molecule has 0 saturated heterocycles. The van der Waals surface area contributed by atoms with E-state index in [1.54, 1.807) is 22.7 Å². The van der Waals surface area contributed by atoms with E-state index in [0.717, 1.165) is 44.2 Å². The number of aromatic nitrogens is 4. The Balaban J connectivity index is 1.18. The molecule has 0 radical (unpaired) electrons. The normalized spacial score (nSPS) is 11.9. The summed E-state index contributed by atoms with van der Waals surface area (Å²) < 4.78 is 7.33. The van der Waals surface area contributed by atoms with Crippen LogP contribution in [-0.2, 0) is 0 Å². The molecular weight excluding hydrogens is 661 g/mol. The molecule has 11 rings (SSSR count). The minimum absolute atomic E-state index is 0.657. The summed E-state index contributed by atoms with van der Waals surface area (Å²) in [5.41, 5.74) is 6.30. The molecular formula is C45H26N4S2. The quantitative estimate of drug-likeness (QED) is 0.185. The van der Waals surface area contributed by atoms with Crippen LogP contribution >= 0.6 is 22.7 Å². The fourth-order valence-corrected chi connectivity index (χ4v) is 9.84. The molecule has 4 aromatic heterocycles. The van der Waals surface area contributed by atoms with Gasteiger partial charge >= 0.3 is 0 Å². The minimum Gasteiger partial charge on any atom is -0.309 e. The Bertz CT molecular complexity index is 3020. The predicted molar refractivity (Wildman–Crippen MR) is 216 cm³/mol. The van der Waals surface area contributed by atoms with Gasteiger partial charge in [0.05, 0.1) is 11.0 Å². The molecule has 6 heteroatoms. The van der Waals surface area contributed by atoms with Crippen molar-refractivity contribution in [1.29, 1.82) is 0 Å². The molecule has 0 fully saturated rings. The summed E-state index contributed by atoms with van der Waals surface area (Å²) >= 11 is 3.61. The molecule has 0 unspecified atom stereocenters. The monoisotopic (exact) mass is 686 g/mol. The highest BCUT2D eigenvalue weighted by atomic mass is 32.1. The van der Waals surface area contributed by atoms with E-state index >= 15 is 0 Å². The zero-order valence-corrected chi connectivity index (χ0v) is 28.7. The summed E-state index contributed by atoms with van der Waals surface area (Å²) in [5.74, 6) is 1.98. The number of fused-ring (bicyclic) bond motifs is 9. The van der Waals surface area contributed by atoms with Crippen molar-refractivity contribution in [3.05, 3.63) is 158 Å². The molecule has 0 atom stereocenters. The second-order valence-corrected chi connectivity index (χ2v) is 15.0. The fraction of sp³-hybridized carbons (Fsp3) is 0. The first-order chi connectivity index (χ1) is 25.3. The van der Waals surface area contributed by atoms with Crippen LogP contribution in [-0.4, -0.2) is 19.5 Å². The summed E-state index contributed by atoms with van der Waals surface area (Å²) in [5, 5.41) is 7.34. The number of benzene rings is 7. The maximum Gasteiger partial charge on any atom is 0.164 e. The lowest BCUT2D eigenvalue weighted by atomic mass is 10.0. The van der Waals surface area contributed by atoms with Gasteiger partial charge in [0.2, 0.25) is 0 Å². The van der Waals surface area contributed by atoms with E-state index in [0.29, 0.717) is 17.5 Å². The molecule has 0 aliphatic heterocycles. The molecule has 0 amide bonds. The third kappa shape index (κ3) is 4.47. The summed E-state index contributed by atoms with van der Waals surface area (Å²) in [6.45, 7) is 0. The van der Waals surface area contributed by atoms with Crippen molar-refractivity contribution in [1.82, 2.24) is 19.5 Å². The van der Waals surface area contributed by atoms with Crippen LogP contribution in [0.4, 0.5) is 0 Å². The zero-order valence-electron chi connectivity index (χ0n) is 27.1. The van der Waals surface area contributed by atoms with Crippen molar-refractivity contribution in [3.8, 4) is 39.9 Å². The Morgan fingerprint density at radius 1 is 0.373 bits per heavy atom. The third-order valence-electron chi connectivity index (χ3n) is 9.86. The van der Waals surface area contributed by atoms with Gasteiger partial charge in [-0.3, -0.25) is 0 Å². The van der Waals surface area contributed by atoms with Crippen LogP contribution < -0.4 is 0 Å². The first kappa shape index (κ1) is 28.6. The number of thiophene rings is 2. The number of nitrogens with zero attached hydrogens (tertiary/aromatic N) is 4. The second kappa shape index (κ2) is 11.2. The first-order valence-corrected chi connectivity index (χ1v) is 18.6. The highest BCUT2D eigenvalue weighted by molar-refractivity contribution is 7.26. The molecule has 11 aromatic rings. The SMILES string of the molecule is c1ccc(-n2c3ccccc3c3c(-c4nc(-c5ccc6c(c5)sc5ccccc56)nc(-c5ccc6c(c5)sc5ccccc56)n4)cccc32)cc1. The molecule has 4 heterocycles. The smallest absolute Gasteiger partial charge is 0.164 e. The first-order valence-electron chi connectivity index (χ1n) is 16.9. The van der Waals surface area contributed by atoms with E-state index in [1.807, 2.05) is 0 Å². The van der Waals surface area contributed by atoms with Crippen molar-refractivity contribution in [2.45, 2.75) is 0 Å². The molecule has 4 nitrogen and oxygen atoms in total. The van der Waals surface area contributed by atoms with Gasteiger partial charge in [-0.25, -0.2) is 15.0 Å². The van der Waals surface area contributed by atoms with Crippen LogP contribution in [0.15, 0.2) is 158 Å². The Labute approximate surface area is 300 Å². The number of hydrogen-bond donors (Lipinski definition) is 0. The number of hydrogen-bond acceptors (Lipinski definition) is 5. The maximum absolute atomic E-state index is 5.27. The van der Waals surface area contributed by atoms with Crippen LogP contribution in [0.5, 0.6) is 0 Å². The van der Waals surface area contributed by atoms with Gasteiger partial charge in [-0.15, -0.1) is 22.7 Å². The van der Waals surface area contributed by atoms with E-state index in [2.05, 4.69) is 162 Å². The van der Waals surface area contributed by atoms with Crippen molar-refractivity contribution in [3.63, 3.8) is 0 Å². The summed E-state index contributed by atoms with van der Waals surface area (Å²) in [4.78, 5) is 15.7. The molecule has 0 aliphatic rings. The van der Waals surface area contributed by atoms with Crippen molar-refractivity contribution < 1.29 is 0 Å². The Hall–Kier alpha value is -6.21. The van der Waals surface area contributed by atoms with Gasteiger partial charge < -0.3 is 4.57 Å². The zero-order chi connectivity index (χ0) is 33.5. The van der Waals surface area contributed by atoms with Gasteiger partial charge in [-0.2, -0.15) is 0 Å². The molecule has 0 saturated carbocycles. The molecule has 0 bridgehead atoms. The van der Waals surface area contributed by atoms with Gasteiger partial charge in [0.25, 0.3) is 0 Å². The van der Waals surface area contributed by atoms with E-state index in [-0.39, 0.29) is 0 Å². The average Bonchev–Trinajstić information content (AvgIpc) is 3.87. The molecule has 7 aromatic carbocycles. The van der Waals surface area contributed by atoms with Crippen molar-refractivity contribution in [2.75, 3.05) is 0 Å². The minimum atomic E-state index is 0.657. The molecule has 0 aliphatic carbocycles. The lowest BCUT2D eigenvalue weighted by Crippen LogP contribution is -2.00. The van der Waals surface area contributed by atoms with Crippen LogP contribution in [0, 0.1) is 0 Å². The summed E-state index contributed by atoms with van der Waals surface area (Å²) in [7, 11) is 0. The van der Waals surface area contributed by atoms with Gasteiger partial charge in [0.15, 0.2) is 17.5 Å². The lowest BCUT2D eigenvalue weighted by Gasteiger charge is -2.11. The highest BCUT2D eigenvalue weighted by Crippen LogP contribution is 2.41. The van der Waals surface area contributed by atoms with E-state index < -0.39 is 0 Å². The van der Waals surface area contributed by atoms with E-state index in [1.165, 1.54) is 40.3 Å². The predicted octanol–water partition coefficient (Wildman–Crippen LogP) is 12.7. The number of para-hydroxylation sites is 2. The van der Waals surface area contributed by atoms with Gasteiger partial charge in [0, 0.05) is 73.5 Å².